The number of carbonyl (C=O) groups excluding carboxylic acids is 1. The summed E-state index contributed by atoms with van der Waals surface area (Å²) in [4.78, 5) is 15.4. The van der Waals surface area contributed by atoms with Gasteiger partial charge in [-0.25, -0.2) is 0 Å². The summed E-state index contributed by atoms with van der Waals surface area (Å²) in [6.45, 7) is 6.06. The largest absolute Gasteiger partial charge is 0.354 e. The Morgan fingerprint density at radius 1 is 1.16 bits per heavy atom. The molecule has 0 radical (unpaired) electrons. The number of hydrogen-bond donors (Lipinski definition) is 2. The van der Waals surface area contributed by atoms with E-state index in [1.54, 1.807) is 4.68 Å². The predicted octanol–water partition coefficient (Wildman–Crippen LogP) is 1.94. The fourth-order valence-corrected chi connectivity index (χ4v) is 5.74. The summed E-state index contributed by atoms with van der Waals surface area (Å²) >= 11 is 0. The normalized spacial score (nSPS) is 26.9. The minimum Gasteiger partial charge on any atom is -0.354 e. The second-order valence-electron chi connectivity index (χ2n) is 9.07. The Hall–Kier alpha value is -1.74. The Labute approximate surface area is 201 Å². The molecule has 1 aromatic heterocycles. The minimum atomic E-state index is 0. The molecule has 3 fully saturated rings. The van der Waals surface area contributed by atoms with Crippen molar-refractivity contribution < 1.29 is 4.79 Å². The van der Waals surface area contributed by atoms with E-state index in [0.717, 1.165) is 42.6 Å². The number of aromatic nitrogens is 4. The summed E-state index contributed by atoms with van der Waals surface area (Å²) in [6.07, 6.45) is 5.67. The van der Waals surface area contributed by atoms with Gasteiger partial charge in [-0.05, 0) is 85.8 Å². The summed E-state index contributed by atoms with van der Waals surface area (Å²) in [5, 5.41) is 18.5. The van der Waals surface area contributed by atoms with Crippen molar-refractivity contribution in [2.45, 2.75) is 51.1 Å². The molecule has 0 spiro atoms. The molecule has 3 saturated heterocycles. The summed E-state index contributed by atoms with van der Waals surface area (Å²) in [7, 11) is 0. The van der Waals surface area contributed by atoms with Crippen LogP contribution in [0.15, 0.2) is 24.3 Å². The summed E-state index contributed by atoms with van der Waals surface area (Å²) in [6, 6.07) is 9.04. The zero-order valence-electron chi connectivity index (χ0n) is 18.4. The third-order valence-electron chi connectivity index (χ3n) is 7.20. The average Bonchev–Trinajstić information content (AvgIpc) is 3.20. The monoisotopic (exact) mass is 481 g/mol. The first-order valence-electron chi connectivity index (χ1n) is 11.3. The number of carbonyl (C=O) groups is 1. The van der Waals surface area contributed by atoms with Crippen LogP contribution in [-0.2, 0) is 11.2 Å². The van der Waals surface area contributed by atoms with Crippen LogP contribution in [0.3, 0.4) is 0 Å². The van der Waals surface area contributed by atoms with Crippen LogP contribution in [0.25, 0.3) is 5.69 Å². The molecule has 176 valence electrons. The number of rotatable bonds is 5. The van der Waals surface area contributed by atoms with Crippen LogP contribution < -0.4 is 10.6 Å². The SMILES string of the molecule is Cc1nnnn1-c1ccc(CC(=O)NC[C@H]2[C@@H]3CNC[C@@H](C3)[C@@H]3CCCCN32)cc1.Cl.Cl. The van der Waals surface area contributed by atoms with Crippen LogP contribution >= 0.6 is 24.8 Å². The van der Waals surface area contributed by atoms with Crippen LogP contribution in [0.2, 0.25) is 0 Å². The van der Waals surface area contributed by atoms with Crippen LogP contribution in [0.1, 0.15) is 37.1 Å². The molecule has 0 unspecified atom stereocenters. The molecule has 0 saturated carbocycles. The van der Waals surface area contributed by atoms with Crippen LogP contribution in [0, 0.1) is 18.8 Å². The molecule has 4 heterocycles. The Morgan fingerprint density at radius 2 is 1.94 bits per heavy atom. The first-order chi connectivity index (χ1) is 14.7. The van der Waals surface area contributed by atoms with Gasteiger partial charge in [0.25, 0.3) is 0 Å². The van der Waals surface area contributed by atoms with Crippen molar-refractivity contribution in [1.29, 1.82) is 0 Å². The van der Waals surface area contributed by atoms with E-state index in [4.69, 9.17) is 0 Å². The first kappa shape index (κ1) is 24.9. The summed E-state index contributed by atoms with van der Waals surface area (Å²) in [5.74, 6) is 2.28. The van der Waals surface area contributed by atoms with E-state index >= 15 is 0 Å². The van der Waals surface area contributed by atoms with Crippen molar-refractivity contribution in [3.63, 3.8) is 0 Å². The van der Waals surface area contributed by atoms with Crippen molar-refractivity contribution in [2.75, 3.05) is 26.2 Å². The second-order valence-corrected chi connectivity index (χ2v) is 9.07. The first-order valence-corrected chi connectivity index (χ1v) is 11.3. The zero-order chi connectivity index (χ0) is 20.5. The fourth-order valence-electron chi connectivity index (χ4n) is 5.74. The van der Waals surface area contributed by atoms with Crippen LogP contribution in [-0.4, -0.2) is 69.3 Å². The van der Waals surface area contributed by atoms with Gasteiger partial charge in [-0.3, -0.25) is 9.69 Å². The molecule has 4 atom stereocenters. The molecule has 32 heavy (non-hydrogen) atoms. The lowest BCUT2D eigenvalue weighted by Gasteiger charge is -2.55. The Kier molecular flexibility index (Phi) is 8.49. The third kappa shape index (κ3) is 5.09. The molecule has 2 aromatic rings. The van der Waals surface area contributed by atoms with Gasteiger partial charge in [0.15, 0.2) is 5.82 Å². The molecular formula is C22H33Cl2N7O. The highest BCUT2D eigenvalue weighted by atomic mass is 35.5. The highest BCUT2D eigenvalue weighted by Gasteiger charge is 2.45. The van der Waals surface area contributed by atoms with Crippen LogP contribution in [0.5, 0.6) is 0 Å². The van der Waals surface area contributed by atoms with Crippen molar-refractivity contribution in [2.24, 2.45) is 11.8 Å². The maximum Gasteiger partial charge on any atom is 0.224 e. The third-order valence-corrected chi connectivity index (χ3v) is 7.20. The topological polar surface area (TPSA) is 88.0 Å². The number of amides is 1. The van der Waals surface area contributed by atoms with Crippen molar-refractivity contribution >= 4 is 30.7 Å². The highest BCUT2D eigenvalue weighted by molar-refractivity contribution is 5.85. The Morgan fingerprint density at radius 3 is 2.69 bits per heavy atom. The van der Waals surface area contributed by atoms with E-state index in [9.17, 15) is 4.79 Å². The molecule has 0 aliphatic carbocycles. The fraction of sp³-hybridized carbons (Fsp3) is 0.636. The smallest absolute Gasteiger partial charge is 0.224 e. The average molecular weight is 482 g/mol. The number of fused-ring (bicyclic) bond motifs is 4. The molecule has 1 amide bonds. The maximum atomic E-state index is 12.7. The van der Waals surface area contributed by atoms with E-state index in [-0.39, 0.29) is 30.7 Å². The standard InChI is InChI=1S/C22H31N7O.2ClH/c1-15-25-26-27-29(15)19-7-5-16(6-8-19)10-22(30)24-14-21-18-11-17(12-23-13-18)20-4-2-3-9-28(20)21;;/h5-8,17-18,20-21,23H,2-4,9-14H2,1H3,(H,24,30);2*1H/t17-,18+,20+,21+;;/m1../s1. The van der Waals surface area contributed by atoms with Crippen molar-refractivity contribution in [3.8, 4) is 5.69 Å². The molecule has 3 aliphatic heterocycles. The number of nitrogens with one attached hydrogen (secondary N) is 2. The number of aryl methyl sites for hydroxylation is 1. The number of piperidine rings is 3. The molecule has 3 aliphatic rings. The number of halogens is 2. The zero-order valence-corrected chi connectivity index (χ0v) is 20.1. The quantitative estimate of drug-likeness (QED) is 0.678. The lowest BCUT2D eigenvalue weighted by Crippen LogP contribution is -2.65. The predicted molar refractivity (Wildman–Crippen MR) is 128 cm³/mol. The molecular weight excluding hydrogens is 449 g/mol. The molecule has 5 rings (SSSR count). The maximum absolute atomic E-state index is 12.7. The van der Waals surface area contributed by atoms with Gasteiger partial charge in [0.2, 0.25) is 5.91 Å². The van der Waals surface area contributed by atoms with Crippen molar-refractivity contribution in [3.05, 3.63) is 35.7 Å². The van der Waals surface area contributed by atoms with Crippen LogP contribution in [0.4, 0.5) is 0 Å². The number of tetrazole rings is 1. The van der Waals surface area contributed by atoms with Gasteiger partial charge < -0.3 is 10.6 Å². The summed E-state index contributed by atoms with van der Waals surface area (Å²) < 4.78 is 1.69. The lowest BCUT2D eigenvalue weighted by molar-refractivity contribution is -0.121. The summed E-state index contributed by atoms with van der Waals surface area (Å²) in [5.41, 5.74) is 1.90. The molecule has 8 nitrogen and oxygen atoms in total. The minimum absolute atomic E-state index is 0. The van der Waals surface area contributed by atoms with E-state index in [1.165, 1.54) is 32.2 Å². The van der Waals surface area contributed by atoms with Gasteiger partial charge >= 0.3 is 0 Å². The molecule has 2 bridgehead atoms. The lowest BCUT2D eigenvalue weighted by atomic mass is 9.73. The van der Waals surface area contributed by atoms with E-state index in [1.807, 2.05) is 31.2 Å². The van der Waals surface area contributed by atoms with Gasteiger partial charge in [-0.1, -0.05) is 18.6 Å². The Bertz CT molecular complexity index is 891. The molecule has 10 heteroatoms. The second kappa shape index (κ2) is 10.9. The molecule has 1 aromatic carbocycles. The van der Waals surface area contributed by atoms with Crippen molar-refractivity contribution in [1.82, 2.24) is 35.7 Å². The van der Waals surface area contributed by atoms with Gasteiger partial charge in [0.05, 0.1) is 12.1 Å². The van der Waals surface area contributed by atoms with E-state index in [0.29, 0.717) is 24.4 Å². The Balaban J connectivity index is 0.00000144. The van der Waals surface area contributed by atoms with Gasteiger partial charge in [-0.15, -0.1) is 29.9 Å². The number of hydrogen-bond acceptors (Lipinski definition) is 6. The van der Waals surface area contributed by atoms with Gasteiger partial charge in [0, 0.05) is 18.6 Å². The van der Waals surface area contributed by atoms with E-state index < -0.39 is 0 Å². The number of benzene rings is 1. The molecule has 2 N–H and O–H groups in total. The highest BCUT2D eigenvalue weighted by Crippen LogP contribution is 2.38. The van der Waals surface area contributed by atoms with E-state index in [2.05, 4.69) is 31.1 Å². The van der Waals surface area contributed by atoms with Gasteiger partial charge in [-0.2, -0.15) is 4.68 Å². The number of nitrogens with zero attached hydrogens (tertiary/aromatic N) is 5. The van der Waals surface area contributed by atoms with Gasteiger partial charge in [0.1, 0.15) is 0 Å².